The van der Waals surface area contributed by atoms with E-state index in [0.29, 0.717) is 6.42 Å². The number of aliphatic carboxylic acids is 1. The number of carbonyl (C=O) groups excluding carboxylic acids is 1. The molecule has 3 nitrogen and oxygen atoms in total. The molecule has 0 bridgehead atoms. The Balaban J connectivity index is 3.03. The van der Waals surface area contributed by atoms with Crippen molar-refractivity contribution in [3.8, 4) is 0 Å². The summed E-state index contributed by atoms with van der Waals surface area (Å²) in [7, 11) is 0. The molecule has 0 aliphatic heterocycles. The van der Waals surface area contributed by atoms with Crippen molar-refractivity contribution in [2.75, 3.05) is 11.5 Å². The Morgan fingerprint density at radius 2 is 2.09 bits per heavy atom. The topological polar surface area (TPSA) is 54.4 Å². The zero-order valence-corrected chi connectivity index (χ0v) is 7.32. The van der Waals surface area contributed by atoms with Gasteiger partial charge in [0.15, 0.2) is 0 Å². The van der Waals surface area contributed by atoms with Crippen molar-refractivity contribution in [1.29, 1.82) is 0 Å². The van der Waals surface area contributed by atoms with Crippen LogP contribution in [0.3, 0.4) is 0 Å². The van der Waals surface area contributed by atoms with Crippen LogP contribution in [0.1, 0.15) is 19.8 Å². The molecule has 0 radical (unpaired) electrons. The van der Waals surface area contributed by atoms with Crippen molar-refractivity contribution in [3.05, 3.63) is 0 Å². The highest BCUT2D eigenvalue weighted by Crippen LogP contribution is 2.03. The molecule has 0 amide bonds. The first kappa shape index (κ1) is 10.5. The van der Waals surface area contributed by atoms with Crippen LogP contribution in [-0.4, -0.2) is 28.4 Å². The second-order valence-corrected chi connectivity index (χ2v) is 3.36. The Hall–Kier alpha value is -0.510. The first-order valence-electron chi connectivity index (χ1n) is 3.42. The third-order valence-electron chi connectivity index (χ3n) is 1.04. The number of hydrogen-bond acceptors (Lipinski definition) is 3. The number of carboxylic acid groups (broad SMARTS) is 1. The Bertz CT molecular complexity index is 129. The van der Waals surface area contributed by atoms with Gasteiger partial charge in [-0.05, 0) is 19.1 Å². The van der Waals surface area contributed by atoms with Crippen LogP contribution < -0.4 is 0 Å². The quantitative estimate of drug-likeness (QED) is 0.617. The van der Waals surface area contributed by atoms with Crippen LogP contribution in [0, 0.1) is 0 Å². The average molecular weight is 176 g/mol. The van der Waals surface area contributed by atoms with Crippen molar-refractivity contribution < 1.29 is 14.7 Å². The van der Waals surface area contributed by atoms with Gasteiger partial charge in [0.1, 0.15) is 5.78 Å². The summed E-state index contributed by atoms with van der Waals surface area (Å²) in [5, 5.41) is 8.23. The molecule has 0 saturated carbocycles. The predicted molar refractivity (Wildman–Crippen MR) is 44.9 cm³/mol. The van der Waals surface area contributed by atoms with Gasteiger partial charge in [0, 0.05) is 6.42 Å². The number of rotatable bonds is 6. The van der Waals surface area contributed by atoms with Gasteiger partial charge in [-0.25, -0.2) is 0 Å². The van der Waals surface area contributed by atoms with E-state index in [2.05, 4.69) is 0 Å². The lowest BCUT2D eigenvalue weighted by Crippen LogP contribution is -1.99. The van der Waals surface area contributed by atoms with Gasteiger partial charge in [0.05, 0.1) is 5.75 Å². The molecule has 0 saturated heterocycles. The van der Waals surface area contributed by atoms with Crippen LogP contribution in [0.4, 0.5) is 0 Å². The smallest absolute Gasteiger partial charge is 0.313 e. The molecule has 11 heavy (non-hydrogen) atoms. The standard InChI is InChI=1S/C7H12O3S/c1-6(8)3-2-4-11-5-7(9)10/h2-5H2,1H3,(H,9,10). The summed E-state index contributed by atoms with van der Waals surface area (Å²) < 4.78 is 0. The molecular formula is C7H12O3S. The minimum Gasteiger partial charge on any atom is -0.481 e. The van der Waals surface area contributed by atoms with Gasteiger partial charge >= 0.3 is 5.97 Å². The van der Waals surface area contributed by atoms with E-state index < -0.39 is 5.97 Å². The van der Waals surface area contributed by atoms with Crippen LogP contribution in [0.15, 0.2) is 0 Å². The number of ketones is 1. The first-order valence-corrected chi connectivity index (χ1v) is 4.57. The zero-order chi connectivity index (χ0) is 8.69. The Morgan fingerprint density at radius 1 is 1.45 bits per heavy atom. The molecule has 4 heteroatoms. The first-order chi connectivity index (χ1) is 5.13. The summed E-state index contributed by atoms with van der Waals surface area (Å²) in [4.78, 5) is 20.4. The fraction of sp³-hybridized carbons (Fsp3) is 0.714. The van der Waals surface area contributed by atoms with Crippen molar-refractivity contribution in [3.63, 3.8) is 0 Å². The third kappa shape index (κ3) is 9.49. The van der Waals surface area contributed by atoms with Crippen molar-refractivity contribution in [2.45, 2.75) is 19.8 Å². The Kier molecular flexibility index (Phi) is 5.93. The normalized spacial score (nSPS) is 9.55. The number of thioether (sulfide) groups is 1. The molecule has 0 heterocycles. The molecule has 1 N–H and O–H groups in total. The van der Waals surface area contributed by atoms with E-state index in [1.54, 1.807) is 6.92 Å². The van der Waals surface area contributed by atoms with E-state index in [4.69, 9.17) is 5.11 Å². The SMILES string of the molecule is CC(=O)CCCSCC(=O)O. The third-order valence-corrected chi connectivity index (χ3v) is 2.07. The van der Waals surface area contributed by atoms with Gasteiger partial charge in [-0.3, -0.25) is 4.79 Å². The molecule has 0 aromatic rings. The maximum atomic E-state index is 10.4. The molecule has 0 aromatic carbocycles. The molecule has 64 valence electrons. The van der Waals surface area contributed by atoms with Crippen molar-refractivity contribution in [2.24, 2.45) is 0 Å². The highest BCUT2D eigenvalue weighted by atomic mass is 32.2. The summed E-state index contributed by atoms with van der Waals surface area (Å²) in [5.74, 6) is 0.266. The van der Waals surface area contributed by atoms with Gasteiger partial charge < -0.3 is 9.90 Å². The molecule has 0 unspecified atom stereocenters. The molecule has 0 fully saturated rings. The van der Waals surface area contributed by atoms with Gasteiger partial charge in [0.2, 0.25) is 0 Å². The van der Waals surface area contributed by atoms with E-state index in [-0.39, 0.29) is 11.5 Å². The monoisotopic (exact) mass is 176 g/mol. The van der Waals surface area contributed by atoms with Crippen LogP contribution >= 0.6 is 11.8 Å². The van der Waals surface area contributed by atoms with Gasteiger partial charge in [-0.1, -0.05) is 0 Å². The van der Waals surface area contributed by atoms with Crippen molar-refractivity contribution >= 4 is 23.5 Å². The molecule has 0 atom stereocenters. The second-order valence-electron chi connectivity index (χ2n) is 2.25. The molecule has 0 aromatic heterocycles. The van der Waals surface area contributed by atoms with E-state index in [9.17, 15) is 9.59 Å². The van der Waals surface area contributed by atoms with Crippen LogP contribution in [0.5, 0.6) is 0 Å². The van der Waals surface area contributed by atoms with E-state index in [1.165, 1.54) is 11.8 Å². The summed E-state index contributed by atoms with van der Waals surface area (Å²) in [5.41, 5.74) is 0. The van der Waals surface area contributed by atoms with Crippen molar-refractivity contribution in [1.82, 2.24) is 0 Å². The average Bonchev–Trinajstić information content (AvgIpc) is 1.85. The lowest BCUT2D eigenvalue weighted by molar-refractivity contribution is -0.133. The lowest BCUT2D eigenvalue weighted by Gasteiger charge is -1.95. The minimum atomic E-state index is -0.794. The largest absolute Gasteiger partial charge is 0.481 e. The molecule has 0 aliphatic carbocycles. The maximum Gasteiger partial charge on any atom is 0.313 e. The zero-order valence-electron chi connectivity index (χ0n) is 6.50. The summed E-state index contributed by atoms with van der Waals surface area (Å²) in [6, 6.07) is 0. The van der Waals surface area contributed by atoms with Gasteiger partial charge in [0.25, 0.3) is 0 Å². The van der Waals surface area contributed by atoms with Crippen LogP contribution in [0.25, 0.3) is 0 Å². The number of carbonyl (C=O) groups is 2. The highest BCUT2D eigenvalue weighted by molar-refractivity contribution is 7.99. The minimum absolute atomic E-state index is 0.137. The fourth-order valence-corrected chi connectivity index (χ4v) is 1.25. The fourth-order valence-electron chi connectivity index (χ4n) is 0.583. The lowest BCUT2D eigenvalue weighted by atomic mass is 10.3. The van der Waals surface area contributed by atoms with Crippen LogP contribution in [-0.2, 0) is 9.59 Å². The van der Waals surface area contributed by atoms with E-state index in [1.807, 2.05) is 0 Å². The number of carboxylic acids is 1. The molecular weight excluding hydrogens is 164 g/mol. The number of hydrogen-bond donors (Lipinski definition) is 1. The second kappa shape index (κ2) is 6.22. The summed E-state index contributed by atoms with van der Waals surface area (Å²) in [6.07, 6.45) is 1.35. The Morgan fingerprint density at radius 3 is 2.55 bits per heavy atom. The molecule has 0 spiro atoms. The molecule has 0 aliphatic rings. The van der Waals surface area contributed by atoms with Crippen LogP contribution in [0.2, 0.25) is 0 Å². The summed E-state index contributed by atoms with van der Waals surface area (Å²) in [6.45, 7) is 1.54. The Labute approximate surface area is 70.2 Å². The van der Waals surface area contributed by atoms with Gasteiger partial charge in [-0.15, -0.1) is 0 Å². The summed E-state index contributed by atoms with van der Waals surface area (Å²) >= 11 is 1.35. The van der Waals surface area contributed by atoms with E-state index in [0.717, 1.165) is 12.2 Å². The maximum absolute atomic E-state index is 10.4. The van der Waals surface area contributed by atoms with E-state index >= 15 is 0 Å². The molecule has 0 rings (SSSR count). The highest BCUT2D eigenvalue weighted by Gasteiger charge is 1.97. The van der Waals surface area contributed by atoms with Gasteiger partial charge in [-0.2, -0.15) is 11.8 Å². The predicted octanol–water partition coefficient (Wildman–Crippen LogP) is 1.17. The number of Topliss-reactive ketones (excluding diaryl/α,β-unsaturated/α-hetero) is 1.